The Labute approximate surface area is 126 Å². The van der Waals surface area contributed by atoms with E-state index < -0.39 is 10.7 Å². The summed E-state index contributed by atoms with van der Waals surface area (Å²) in [6, 6.07) is 8.36. The standard InChI is InChI=1S/C15H14FNO5/c1-20-14-8-15(21-2)13(17(18)19)6-10(14)9-22-12-5-3-4-11(16)7-12/h3-8H,9H2,1-2H3. The first-order chi connectivity index (χ1) is 10.5. The van der Waals surface area contributed by atoms with E-state index in [1.165, 1.54) is 44.6 Å². The van der Waals surface area contributed by atoms with Crippen molar-refractivity contribution in [3.8, 4) is 17.2 Å². The second-order valence-corrected chi connectivity index (χ2v) is 4.34. The van der Waals surface area contributed by atoms with Crippen molar-refractivity contribution in [1.82, 2.24) is 0 Å². The molecule has 7 heteroatoms. The molecular formula is C15H14FNO5. The van der Waals surface area contributed by atoms with E-state index in [4.69, 9.17) is 14.2 Å². The first kappa shape index (κ1) is 15.6. The second-order valence-electron chi connectivity index (χ2n) is 4.34. The van der Waals surface area contributed by atoms with Gasteiger partial charge in [-0.3, -0.25) is 10.1 Å². The number of nitrogens with zero attached hydrogens (tertiary/aromatic N) is 1. The van der Waals surface area contributed by atoms with Crippen LogP contribution in [0.15, 0.2) is 36.4 Å². The van der Waals surface area contributed by atoms with Gasteiger partial charge in [0.15, 0.2) is 0 Å². The number of methoxy groups -OCH3 is 2. The molecule has 0 atom stereocenters. The lowest BCUT2D eigenvalue weighted by atomic mass is 10.1. The molecule has 6 nitrogen and oxygen atoms in total. The SMILES string of the molecule is COc1cc(OC)c([N+](=O)[O-])cc1COc1cccc(F)c1. The fraction of sp³-hybridized carbons (Fsp3) is 0.200. The van der Waals surface area contributed by atoms with Gasteiger partial charge in [0, 0.05) is 23.8 Å². The molecule has 22 heavy (non-hydrogen) atoms. The fourth-order valence-corrected chi connectivity index (χ4v) is 1.92. The van der Waals surface area contributed by atoms with Crippen LogP contribution in [0, 0.1) is 15.9 Å². The van der Waals surface area contributed by atoms with Crippen molar-refractivity contribution < 1.29 is 23.5 Å². The predicted octanol–water partition coefficient (Wildman–Crippen LogP) is 3.33. The maximum Gasteiger partial charge on any atom is 0.311 e. The van der Waals surface area contributed by atoms with Gasteiger partial charge in [-0.1, -0.05) is 6.07 Å². The number of nitro benzene ring substituents is 1. The van der Waals surface area contributed by atoms with Gasteiger partial charge in [-0.15, -0.1) is 0 Å². The van der Waals surface area contributed by atoms with Gasteiger partial charge in [-0.05, 0) is 12.1 Å². The summed E-state index contributed by atoms with van der Waals surface area (Å²) >= 11 is 0. The lowest BCUT2D eigenvalue weighted by Crippen LogP contribution is -2.02. The zero-order valence-corrected chi connectivity index (χ0v) is 12.0. The summed E-state index contributed by atoms with van der Waals surface area (Å²) in [6.45, 7) is -0.00252. The number of ether oxygens (including phenoxy) is 3. The molecule has 116 valence electrons. The van der Waals surface area contributed by atoms with E-state index in [2.05, 4.69) is 0 Å². The van der Waals surface area contributed by atoms with Crippen LogP contribution in [0.4, 0.5) is 10.1 Å². The van der Waals surface area contributed by atoms with E-state index in [1.54, 1.807) is 6.07 Å². The predicted molar refractivity (Wildman–Crippen MR) is 76.9 cm³/mol. The van der Waals surface area contributed by atoms with E-state index in [0.29, 0.717) is 17.1 Å². The maximum absolute atomic E-state index is 13.1. The molecule has 2 aromatic rings. The molecule has 0 aliphatic heterocycles. The van der Waals surface area contributed by atoms with Crippen LogP contribution in [-0.4, -0.2) is 19.1 Å². The molecular weight excluding hydrogens is 293 g/mol. The average Bonchev–Trinajstić information content (AvgIpc) is 2.52. The third-order valence-electron chi connectivity index (χ3n) is 2.97. The lowest BCUT2D eigenvalue weighted by Gasteiger charge is -2.12. The highest BCUT2D eigenvalue weighted by atomic mass is 19.1. The summed E-state index contributed by atoms with van der Waals surface area (Å²) in [4.78, 5) is 10.5. The Kier molecular flexibility index (Phi) is 4.77. The molecule has 0 unspecified atom stereocenters. The van der Waals surface area contributed by atoms with Gasteiger partial charge < -0.3 is 14.2 Å². The summed E-state index contributed by atoms with van der Waals surface area (Å²) in [6.07, 6.45) is 0. The van der Waals surface area contributed by atoms with Crippen LogP contribution in [0.3, 0.4) is 0 Å². The highest BCUT2D eigenvalue weighted by Gasteiger charge is 2.19. The summed E-state index contributed by atoms with van der Waals surface area (Å²) in [5.41, 5.74) is 0.264. The van der Waals surface area contributed by atoms with Crippen LogP contribution in [0.2, 0.25) is 0 Å². The maximum atomic E-state index is 13.1. The van der Waals surface area contributed by atoms with E-state index in [0.717, 1.165) is 0 Å². The first-order valence-electron chi connectivity index (χ1n) is 6.32. The van der Waals surface area contributed by atoms with Crippen molar-refractivity contribution >= 4 is 5.69 Å². The topological polar surface area (TPSA) is 70.8 Å². The van der Waals surface area contributed by atoms with Crippen LogP contribution in [0.25, 0.3) is 0 Å². The highest BCUT2D eigenvalue weighted by Crippen LogP contribution is 2.34. The van der Waals surface area contributed by atoms with Crippen molar-refractivity contribution in [2.75, 3.05) is 14.2 Å². The van der Waals surface area contributed by atoms with Gasteiger partial charge in [0.2, 0.25) is 5.75 Å². The molecule has 0 saturated heterocycles. The van der Waals surface area contributed by atoms with Crippen molar-refractivity contribution in [2.45, 2.75) is 6.61 Å². The Morgan fingerprint density at radius 1 is 1.14 bits per heavy atom. The average molecular weight is 307 g/mol. The number of nitro groups is 1. The van der Waals surface area contributed by atoms with Crippen molar-refractivity contribution in [3.63, 3.8) is 0 Å². The van der Waals surface area contributed by atoms with Gasteiger partial charge in [-0.2, -0.15) is 0 Å². The smallest absolute Gasteiger partial charge is 0.311 e. The summed E-state index contributed by atoms with van der Waals surface area (Å²) in [5.74, 6) is 0.376. The van der Waals surface area contributed by atoms with Gasteiger partial charge in [0.25, 0.3) is 0 Å². The fourth-order valence-electron chi connectivity index (χ4n) is 1.92. The molecule has 0 N–H and O–H groups in total. The molecule has 0 radical (unpaired) electrons. The quantitative estimate of drug-likeness (QED) is 0.604. The largest absolute Gasteiger partial charge is 0.496 e. The lowest BCUT2D eigenvalue weighted by molar-refractivity contribution is -0.385. The normalized spacial score (nSPS) is 10.1. The number of rotatable bonds is 6. The Morgan fingerprint density at radius 3 is 2.45 bits per heavy atom. The third-order valence-corrected chi connectivity index (χ3v) is 2.97. The Morgan fingerprint density at radius 2 is 1.86 bits per heavy atom. The summed E-state index contributed by atoms with van der Waals surface area (Å²) in [7, 11) is 2.77. The molecule has 0 aliphatic rings. The summed E-state index contributed by atoms with van der Waals surface area (Å²) < 4.78 is 28.7. The molecule has 0 saturated carbocycles. The van der Waals surface area contributed by atoms with Crippen molar-refractivity contribution in [3.05, 3.63) is 57.9 Å². The number of benzene rings is 2. The van der Waals surface area contributed by atoms with Crippen LogP contribution >= 0.6 is 0 Å². The molecule has 0 heterocycles. The first-order valence-corrected chi connectivity index (χ1v) is 6.32. The molecule has 2 rings (SSSR count). The van der Waals surface area contributed by atoms with Crippen LogP contribution in [0.5, 0.6) is 17.2 Å². The van der Waals surface area contributed by atoms with Crippen LogP contribution in [-0.2, 0) is 6.61 Å². The number of hydrogen-bond donors (Lipinski definition) is 0. The van der Waals surface area contributed by atoms with E-state index in [-0.39, 0.29) is 18.0 Å². The van der Waals surface area contributed by atoms with E-state index in [9.17, 15) is 14.5 Å². The molecule has 0 aliphatic carbocycles. The minimum absolute atomic E-state index is 0.00252. The van der Waals surface area contributed by atoms with Crippen molar-refractivity contribution in [1.29, 1.82) is 0 Å². The van der Waals surface area contributed by atoms with Crippen molar-refractivity contribution in [2.24, 2.45) is 0 Å². The Balaban J connectivity index is 2.29. The molecule has 0 aromatic heterocycles. The number of halogens is 1. The zero-order valence-electron chi connectivity index (χ0n) is 12.0. The monoisotopic (exact) mass is 307 g/mol. The Bertz CT molecular complexity index is 690. The number of hydrogen-bond acceptors (Lipinski definition) is 5. The highest BCUT2D eigenvalue weighted by molar-refractivity contribution is 5.54. The van der Waals surface area contributed by atoms with Gasteiger partial charge >= 0.3 is 5.69 Å². The van der Waals surface area contributed by atoms with Gasteiger partial charge in [0.1, 0.15) is 23.9 Å². The third kappa shape index (κ3) is 3.43. The molecule has 2 aromatic carbocycles. The van der Waals surface area contributed by atoms with E-state index >= 15 is 0 Å². The van der Waals surface area contributed by atoms with Gasteiger partial charge in [0.05, 0.1) is 19.1 Å². The molecule has 0 bridgehead atoms. The summed E-state index contributed by atoms with van der Waals surface area (Å²) in [5, 5.41) is 11.0. The molecule has 0 amide bonds. The minimum atomic E-state index is -0.552. The van der Waals surface area contributed by atoms with Gasteiger partial charge in [-0.25, -0.2) is 4.39 Å². The molecule has 0 spiro atoms. The minimum Gasteiger partial charge on any atom is -0.496 e. The second kappa shape index (κ2) is 6.75. The van der Waals surface area contributed by atoms with Crippen LogP contribution < -0.4 is 14.2 Å². The van der Waals surface area contributed by atoms with Crippen LogP contribution in [0.1, 0.15) is 5.56 Å². The van der Waals surface area contributed by atoms with E-state index in [1.807, 2.05) is 0 Å². The molecule has 0 fully saturated rings. The Hall–Kier alpha value is -2.83. The zero-order chi connectivity index (χ0) is 16.1.